The minimum absolute atomic E-state index is 0.146. The summed E-state index contributed by atoms with van der Waals surface area (Å²) in [5, 5.41) is 9.53. The molecule has 0 aliphatic carbocycles. The number of pyridine rings is 1. The topological polar surface area (TPSA) is 123 Å². The molecule has 0 saturated heterocycles. The van der Waals surface area contributed by atoms with Gasteiger partial charge in [0.1, 0.15) is 5.75 Å². The summed E-state index contributed by atoms with van der Waals surface area (Å²) in [5.41, 5.74) is 6.45. The second kappa shape index (κ2) is 18.4. The molecule has 2 N–H and O–H groups in total. The zero-order chi connectivity index (χ0) is 35.2. The third-order valence-corrected chi connectivity index (χ3v) is 9.45. The number of fused-ring (bicyclic) bond motifs is 2. The van der Waals surface area contributed by atoms with Crippen molar-refractivity contribution in [3.63, 3.8) is 0 Å². The van der Waals surface area contributed by atoms with E-state index in [1.54, 1.807) is 6.92 Å². The van der Waals surface area contributed by atoms with E-state index in [2.05, 4.69) is 56.5 Å². The standard InChI is InChI=1S/C37H40N4O7S2/c1-3-39-48-50(43,44)26-10-24-41-35-19-18-32(49-47-31-11-5-4-6-12-31)27-36(35)46-37(41)20-16-29(2)15-17-30-21-25-40(23-9-22-38-28-45-42)34-14-8-7-13-33(30)34/h4-8,11-21,25,27-28,39H,3,9-10,22-24,26H2,1-2H3/p+1. The van der Waals surface area contributed by atoms with Gasteiger partial charge in [0.25, 0.3) is 10.1 Å². The Hall–Kier alpha value is -4.66. The van der Waals surface area contributed by atoms with Gasteiger partial charge >= 0.3 is 0 Å². The predicted octanol–water partition coefficient (Wildman–Crippen LogP) is 7.08. The summed E-state index contributed by atoms with van der Waals surface area (Å²) in [4.78, 5) is 10.7. The Bertz CT molecular complexity index is 1970. The maximum atomic E-state index is 12.3. The number of nitrogens with zero attached hydrogens (tertiary/aromatic N) is 3. The van der Waals surface area contributed by atoms with E-state index in [4.69, 9.17) is 18.5 Å². The molecule has 0 radical (unpaired) electrons. The number of hydrogen-bond donors (Lipinski definition) is 2. The summed E-state index contributed by atoms with van der Waals surface area (Å²) in [6, 6.07) is 25.7. The van der Waals surface area contributed by atoms with Gasteiger partial charge in [-0.2, -0.15) is 22.7 Å². The molecular weight excluding hydrogens is 677 g/mol. The fraction of sp³-hybridized carbons (Fsp3) is 0.243. The molecule has 0 bridgehead atoms. The molecule has 0 spiro atoms. The number of rotatable bonds is 18. The van der Waals surface area contributed by atoms with Gasteiger partial charge in [-0.1, -0.05) is 61.1 Å². The number of allylic oxidation sites excluding steroid dienone is 4. The highest BCUT2D eigenvalue weighted by molar-refractivity contribution is 7.95. The molecule has 262 valence electrons. The fourth-order valence-corrected chi connectivity index (χ4v) is 6.65. The summed E-state index contributed by atoms with van der Waals surface area (Å²) in [5.74, 6) is 1.84. The van der Waals surface area contributed by atoms with Crippen LogP contribution >= 0.6 is 12.0 Å². The van der Waals surface area contributed by atoms with Crippen LogP contribution in [0.2, 0.25) is 0 Å². The second-order valence-electron chi connectivity index (χ2n) is 11.3. The van der Waals surface area contributed by atoms with Crippen molar-refractivity contribution >= 4 is 51.2 Å². The summed E-state index contributed by atoms with van der Waals surface area (Å²) in [6.07, 6.45) is 12.3. The van der Waals surface area contributed by atoms with E-state index in [1.165, 1.54) is 12.0 Å². The molecule has 4 aromatic rings. The van der Waals surface area contributed by atoms with Crippen molar-refractivity contribution in [1.29, 1.82) is 0 Å². The van der Waals surface area contributed by atoms with E-state index in [-0.39, 0.29) is 5.75 Å². The van der Waals surface area contributed by atoms with Crippen molar-refractivity contribution in [1.82, 2.24) is 5.48 Å². The fourth-order valence-electron chi connectivity index (χ4n) is 5.20. The monoisotopic (exact) mass is 717 g/mol. The molecular formula is C37H41N4O7S2+. The van der Waals surface area contributed by atoms with Crippen molar-refractivity contribution in [3.8, 4) is 11.5 Å². The van der Waals surface area contributed by atoms with Crippen LogP contribution in [-0.2, 0) is 25.8 Å². The number of hydrogen-bond acceptors (Lipinski definition) is 11. The number of ether oxygens (including phenoxy) is 1. The Balaban J connectivity index is 1.32. The number of nitrogens with one attached hydrogen (secondary N) is 1. The molecule has 1 aromatic heterocycles. The third-order valence-electron chi connectivity index (χ3n) is 7.57. The van der Waals surface area contributed by atoms with E-state index in [1.807, 2.05) is 84.6 Å². The highest BCUT2D eigenvalue weighted by Gasteiger charge is 2.27. The van der Waals surface area contributed by atoms with Crippen molar-refractivity contribution in [2.45, 2.75) is 38.1 Å². The summed E-state index contributed by atoms with van der Waals surface area (Å²) >= 11 is 1.24. The first-order valence-electron chi connectivity index (χ1n) is 16.3. The smallest absolute Gasteiger partial charge is 0.283 e. The summed E-state index contributed by atoms with van der Waals surface area (Å²) in [6.45, 7) is 5.88. The van der Waals surface area contributed by atoms with Crippen LogP contribution in [0, 0.1) is 0 Å². The number of para-hydroxylation sites is 2. The van der Waals surface area contributed by atoms with E-state index < -0.39 is 10.1 Å². The lowest BCUT2D eigenvalue weighted by Gasteiger charge is -2.18. The highest BCUT2D eigenvalue weighted by Crippen LogP contribution is 2.42. The Morgan fingerprint density at radius 1 is 1.08 bits per heavy atom. The molecule has 50 heavy (non-hydrogen) atoms. The lowest BCUT2D eigenvalue weighted by atomic mass is 10.1. The van der Waals surface area contributed by atoms with Gasteiger partial charge in [-0.05, 0) is 61.4 Å². The normalized spacial score (nSPS) is 14.2. The molecule has 0 amide bonds. The van der Waals surface area contributed by atoms with Crippen LogP contribution in [0.15, 0.2) is 125 Å². The second-order valence-corrected chi connectivity index (χ2v) is 13.8. The number of aryl methyl sites for hydroxylation is 1. The van der Waals surface area contributed by atoms with Crippen LogP contribution in [0.25, 0.3) is 17.0 Å². The molecule has 0 saturated carbocycles. The van der Waals surface area contributed by atoms with Crippen molar-refractivity contribution < 1.29 is 36.3 Å². The Labute approximate surface area is 297 Å². The SMILES string of the molecule is CCNOS(=O)(=O)CCCN1C(=CC=C(C)C=Cc2cc[n+](CCCN=COO)c3ccccc23)Oc2cc(SOc3ccccc3)ccc21. The van der Waals surface area contributed by atoms with Gasteiger partial charge in [0.05, 0.1) is 33.8 Å². The zero-order valence-electron chi connectivity index (χ0n) is 28.0. The van der Waals surface area contributed by atoms with Crippen LogP contribution in [0.4, 0.5) is 5.69 Å². The summed E-state index contributed by atoms with van der Waals surface area (Å²) in [7, 11) is -3.72. The van der Waals surface area contributed by atoms with Crippen LogP contribution < -0.4 is 23.9 Å². The molecule has 13 heteroatoms. The number of aromatic nitrogens is 1. The third kappa shape index (κ3) is 10.4. The number of anilines is 1. The minimum Gasteiger partial charge on any atom is -0.439 e. The lowest BCUT2D eigenvalue weighted by molar-refractivity contribution is -0.671. The molecule has 0 atom stereocenters. The first-order valence-corrected chi connectivity index (χ1v) is 18.6. The Kier molecular flexibility index (Phi) is 13.5. The molecule has 0 fully saturated rings. The maximum absolute atomic E-state index is 12.3. The number of benzene rings is 3. The molecule has 11 nitrogen and oxygen atoms in total. The zero-order valence-corrected chi connectivity index (χ0v) is 29.6. The van der Waals surface area contributed by atoms with Gasteiger partial charge in [0, 0.05) is 38.2 Å². The average Bonchev–Trinajstić information content (AvgIpc) is 3.48. The molecule has 0 unspecified atom stereocenters. The Morgan fingerprint density at radius 3 is 2.72 bits per heavy atom. The van der Waals surface area contributed by atoms with Gasteiger partial charge < -0.3 is 18.7 Å². The number of aliphatic imine (C=N–C) groups is 1. The highest BCUT2D eigenvalue weighted by atomic mass is 32.2. The average molecular weight is 718 g/mol. The van der Waals surface area contributed by atoms with E-state index in [9.17, 15) is 8.42 Å². The van der Waals surface area contributed by atoms with Crippen LogP contribution in [0.5, 0.6) is 11.5 Å². The van der Waals surface area contributed by atoms with Crippen molar-refractivity contribution in [3.05, 3.63) is 120 Å². The minimum atomic E-state index is -3.72. The van der Waals surface area contributed by atoms with Gasteiger partial charge in [0.2, 0.25) is 17.8 Å². The molecule has 2 heterocycles. The lowest BCUT2D eigenvalue weighted by Crippen LogP contribution is -2.34. The first kappa shape index (κ1) is 36.6. The van der Waals surface area contributed by atoms with E-state index >= 15 is 0 Å². The van der Waals surface area contributed by atoms with Crippen LogP contribution in [-0.4, -0.2) is 45.5 Å². The Morgan fingerprint density at radius 2 is 1.90 bits per heavy atom. The van der Waals surface area contributed by atoms with Gasteiger partial charge in [-0.3, -0.25) is 4.99 Å². The van der Waals surface area contributed by atoms with E-state index in [0.717, 1.165) is 57.7 Å². The predicted molar refractivity (Wildman–Crippen MR) is 197 cm³/mol. The van der Waals surface area contributed by atoms with Crippen LogP contribution in [0.1, 0.15) is 32.3 Å². The van der Waals surface area contributed by atoms with Crippen molar-refractivity contribution in [2.75, 3.05) is 30.3 Å². The van der Waals surface area contributed by atoms with Crippen molar-refractivity contribution in [2.24, 2.45) is 4.99 Å². The number of hydroxylamine groups is 1. The molecule has 3 aromatic carbocycles. The van der Waals surface area contributed by atoms with Gasteiger partial charge in [-0.25, -0.2) is 5.26 Å². The van der Waals surface area contributed by atoms with E-state index in [0.29, 0.717) is 37.7 Å². The molecule has 5 rings (SSSR count). The molecule has 1 aliphatic rings. The largest absolute Gasteiger partial charge is 0.439 e. The maximum Gasteiger partial charge on any atom is 0.283 e. The van der Waals surface area contributed by atoms with Gasteiger partial charge in [0.15, 0.2) is 18.5 Å². The van der Waals surface area contributed by atoms with Gasteiger partial charge in [-0.15, -0.1) is 0 Å². The van der Waals surface area contributed by atoms with Crippen LogP contribution in [0.3, 0.4) is 0 Å². The summed E-state index contributed by atoms with van der Waals surface area (Å²) < 4.78 is 43.8. The quantitative estimate of drug-likeness (QED) is 0.0161. The first-order chi connectivity index (χ1) is 24.4. The molecule has 1 aliphatic heterocycles.